The molecule has 4 aliphatic carbocycles. The summed E-state index contributed by atoms with van der Waals surface area (Å²) in [6.07, 6.45) is 15.4. The first-order valence-corrected chi connectivity index (χ1v) is 10.5. The zero-order valence-electron chi connectivity index (χ0n) is 15.7. The third-order valence-electron chi connectivity index (χ3n) is 9.10. The van der Waals surface area contributed by atoms with E-state index in [1.54, 1.807) is 5.57 Å². The molecule has 2 nitrogen and oxygen atoms in total. The van der Waals surface area contributed by atoms with Gasteiger partial charge in [0, 0.05) is 6.61 Å². The van der Waals surface area contributed by atoms with Crippen molar-refractivity contribution in [3.63, 3.8) is 0 Å². The number of aliphatic hydroxyl groups is 2. The summed E-state index contributed by atoms with van der Waals surface area (Å²) in [5.74, 6) is 2.35. The van der Waals surface area contributed by atoms with E-state index in [1.165, 1.54) is 51.4 Å². The van der Waals surface area contributed by atoms with Crippen molar-refractivity contribution in [1.29, 1.82) is 0 Å². The number of fused-ring (bicyclic) bond motifs is 5. The van der Waals surface area contributed by atoms with E-state index >= 15 is 0 Å². The van der Waals surface area contributed by atoms with E-state index in [2.05, 4.69) is 19.9 Å². The van der Waals surface area contributed by atoms with Gasteiger partial charge in [0.05, 0.1) is 5.60 Å². The molecule has 0 spiro atoms. The van der Waals surface area contributed by atoms with Crippen LogP contribution in [0.1, 0.15) is 84.5 Å². The molecule has 0 aromatic carbocycles. The van der Waals surface area contributed by atoms with Gasteiger partial charge in [0.2, 0.25) is 0 Å². The van der Waals surface area contributed by atoms with Crippen molar-refractivity contribution in [3.8, 4) is 0 Å². The van der Waals surface area contributed by atoms with Gasteiger partial charge in [0.25, 0.3) is 0 Å². The molecule has 0 amide bonds. The topological polar surface area (TPSA) is 40.5 Å². The van der Waals surface area contributed by atoms with E-state index < -0.39 is 5.60 Å². The third kappa shape index (κ3) is 2.21. The Kier molecular flexibility index (Phi) is 4.16. The Labute approximate surface area is 147 Å². The van der Waals surface area contributed by atoms with Crippen LogP contribution in [-0.4, -0.2) is 22.4 Å². The van der Waals surface area contributed by atoms with Gasteiger partial charge in [0.15, 0.2) is 0 Å². The van der Waals surface area contributed by atoms with Crippen molar-refractivity contribution in [3.05, 3.63) is 11.6 Å². The number of hydrogen-bond acceptors (Lipinski definition) is 2. The van der Waals surface area contributed by atoms with E-state index in [4.69, 9.17) is 0 Å². The minimum Gasteiger partial charge on any atom is -0.396 e. The zero-order chi connectivity index (χ0) is 17.0. The average molecular weight is 333 g/mol. The molecule has 2 heteroatoms. The van der Waals surface area contributed by atoms with Gasteiger partial charge in [0.1, 0.15) is 0 Å². The third-order valence-corrected chi connectivity index (χ3v) is 9.10. The van der Waals surface area contributed by atoms with E-state index in [1.807, 2.05) is 0 Å². The average Bonchev–Trinajstić information content (AvgIpc) is 2.84. The van der Waals surface area contributed by atoms with Gasteiger partial charge < -0.3 is 10.2 Å². The molecule has 1 unspecified atom stereocenters. The summed E-state index contributed by atoms with van der Waals surface area (Å²) >= 11 is 0. The normalized spacial score (nSPS) is 50.7. The van der Waals surface area contributed by atoms with Crippen LogP contribution < -0.4 is 0 Å². The smallest absolute Gasteiger partial charge is 0.0704 e. The van der Waals surface area contributed by atoms with E-state index in [-0.39, 0.29) is 12.0 Å². The summed E-state index contributed by atoms with van der Waals surface area (Å²) < 4.78 is 0. The summed E-state index contributed by atoms with van der Waals surface area (Å²) in [4.78, 5) is 0. The second kappa shape index (κ2) is 5.84. The Bertz CT molecular complexity index is 526. The Morgan fingerprint density at radius 2 is 1.88 bits per heavy atom. The first-order chi connectivity index (χ1) is 11.4. The maximum atomic E-state index is 11.4. The van der Waals surface area contributed by atoms with Gasteiger partial charge >= 0.3 is 0 Å². The van der Waals surface area contributed by atoms with Crippen molar-refractivity contribution in [2.24, 2.45) is 28.6 Å². The van der Waals surface area contributed by atoms with Gasteiger partial charge in [-0.25, -0.2) is 0 Å². The molecule has 2 N–H and O–H groups in total. The summed E-state index contributed by atoms with van der Waals surface area (Å²) in [7, 11) is 0. The number of rotatable bonds is 3. The van der Waals surface area contributed by atoms with E-state index in [9.17, 15) is 10.2 Å². The van der Waals surface area contributed by atoms with Crippen LogP contribution in [0.5, 0.6) is 0 Å². The highest BCUT2D eigenvalue weighted by molar-refractivity contribution is 5.24. The summed E-state index contributed by atoms with van der Waals surface area (Å²) in [5.41, 5.74) is 1.77. The Morgan fingerprint density at radius 3 is 2.67 bits per heavy atom. The molecule has 6 atom stereocenters. The van der Waals surface area contributed by atoms with Crippen molar-refractivity contribution in [2.45, 2.75) is 90.1 Å². The van der Waals surface area contributed by atoms with Crippen molar-refractivity contribution >= 4 is 0 Å². The SMILES string of the molecule is C[C@]12CCCC=C1CC[C@@H]1[C@H]2CC[C@@]2(C)[C@H]1CCC2(O)CCCO. The molecule has 3 saturated carbocycles. The largest absolute Gasteiger partial charge is 0.396 e. The van der Waals surface area contributed by atoms with Gasteiger partial charge in [-0.15, -0.1) is 0 Å². The lowest BCUT2D eigenvalue weighted by molar-refractivity contribution is -0.131. The monoisotopic (exact) mass is 332 g/mol. The highest BCUT2D eigenvalue weighted by Crippen LogP contribution is 2.68. The standard InChI is InChI=1S/C22H36O2/c1-20-11-4-3-6-16(20)7-8-17-18(20)9-13-21(2)19(17)10-14-22(21,24)12-5-15-23/h6,17-19,23-24H,3-5,7-15H2,1-2H3/t17-,18-,19+,20+,21+,22?/m1/s1. The highest BCUT2D eigenvalue weighted by atomic mass is 16.3. The maximum absolute atomic E-state index is 11.4. The lowest BCUT2D eigenvalue weighted by Gasteiger charge is -2.59. The lowest BCUT2D eigenvalue weighted by Crippen LogP contribution is -2.54. The molecular weight excluding hydrogens is 296 g/mol. The predicted molar refractivity (Wildman–Crippen MR) is 97.6 cm³/mol. The second-order valence-electron chi connectivity index (χ2n) is 9.81. The predicted octanol–water partition coefficient (Wildman–Crippen LogP) is 4.84. The molecule has 0 radical (unpaired) electrons. The van der Waals surface area contributed by atoms with Crippen LogP contribution >= 0.6 is 0 Å². The molecule has 24 heavy (non-hydrogen) atoms. The van der Waals surface area contributed by atoms with Crippen LogP contribution in [0.2, 0.25) is 0 Å². The van der Waals surface area contributed by atoms with Crippen LogP contribution in [0.15, 0.2) is 11.6 Å². The van der Waals surface area contributed by atoms with Gasteiger partial charge in [-0.2, -0.15) is 0 Å². The first-order valence-electron chi connectivity index (χ1n) is 10.5. The number of aliphatic hydroxyl groups excluding tert-OH is 1. The van der Waals surface area contributed by atoms with Crippen LogP contribution in [0, 0.1) is 28.6 Å². The Morgan fingerprint density at radius 1 is 1.08 bits per heavy atom. The molecule has 0 aromatic heterocycles. The molecule has 0 aliphatic heterocycles. The first kappa shape index (κ1) is 17.1. The number of allylic oxidation sites excluding steroid dienone is 2. The fourth-order valence-electron chi connectivity index (χ4n) is 7.65. The van der Waals surface area contributed by atoms with Crippen LogP contribution in [0.4, 0.5) is 0 Å². The maximum Gasteiger partial charge on any atom is 0.0704 e. The van der Waals surface area contributed by atoms with Crippen molar-refractivity contribution in [1.82, 2.24) is 0 Å². The minimum absolute atomic E-state index is 0.0789. The zero-order valence-corrected chi connectivity index (χ0v) is 15.7. The van der Waals surface area contributed by atoms with Gasteiger partial charge in [-0.05, 0) is 99.2 Å². The summed E-state index contributed by atoms with van der Waals surface area (Å²) in [5, 5.41) is 20.7. The minimum atomic E-state index is -0.533. The highest BCUT2D eigenvalue weighted by Gasteiger charge is 2.63. The van der Waals surface area contributed by atoms with Crippen molar-refractivity contribution in [2.75, 3.05) is 6.61 Å². The molecule has 0 saturated heterocycles. The van der Waals surface area contributed by atoms with Gasteiger partial charge in [-0.1, -0.05) is 25.5 Å². The van der Waals surface area contributed by atoms with Crippen LogP contribution in [0.25, 0.3) is 0 Å². The van der Waals surface area contributed by atoms with E-state index in [0.29, 0.717) is 11.3 Å². The fraction of sp³-hybridized carbons (Fsp3) is 0.909. The van der Waals surface area contributed by atoms with Crippen molar-refractivity contribution < 1.29 is 10.2 Å². The number of hydrogen-bond donors (Lipinski definition) is 2. The lowest BCUT2D eigenvalue weighted by atomic mass is 9.46. The molecule has 0 heterocycles. The molecule has 0 bridgehead atoms. The van der Waals surface area contributed by atoms with Gasteiger partial charge in [-0.3, -0.25) is 0 Å². The van der Waals surface area contributed by atoms with Crippen LogP contribution in [0.3, 0.4) is 0 Å². The molecule has 4 rings (SSSR count). The summed E-state index contributed by atoms with van der Waals surface area (Å²) in [6, 6.07) is 0. The quantitative estimate of drug-likeness (QED) is 0.726. The Hall–Kier alpha value is -0.340. The molecule has 136 valence electrons. The summed E-state index contributed by atoms with van der Waals surface area (Å²) in [6.45, 7) is 5.15. The second-order valence-corrected chi connectivity index (χ2v) is 9.81. The van der Waals surface area contributed by atoms with E-state index in [0.717, 1.165) is 31.1 Å². The fourth-order valence-corrected chi connectivity index (χ4v) is 7.65. The molecular formula is C22H36O2. The Balaban J connectivity index is 1.62. The molecule has 3 fully saturated rings. The van der Waals surface area contributed by atoms with Crippen LogP contribution in [-0.2, 0) is 0 Å². The molecule has 0 aromatic rings. The molecule has 4 aliphatic rings.